The van der Waals surface area contributed by atoms with Gasteiger partial charge in [0.2, 0.25) is 10.0 Å². The van der Waals surface area contributed by atoms with Gasteiger partial charge in [0.1, 0.15) is 17.7 Å². The summed E-state index contributed by atoms with van der Waals surface area (Å²) in [5, 5.41) is 0. The number of rotatable bonds is 4. The van der Waals surface area contributed by atoms with Gasteiger partial charge in [-0.1, -0.05) is 6.07 Å². The second kappa shape index (κ2) is 7.14. The molecule has 0 unspecified atom stereocenters. The predicted molar refractivity (Wildman–Crippen MR) is 94.7 cm³/mol. The Hall–Kier alpha value is -1.92. The lowest BCUT2D eigenvalue weighted by molar-refractivity contribution is 0.135. The molecule has 0 radical (unpaired) electrons. The molecule has 1 aliphatic heterocycles. The Kier molecular flexibility index (Phi) is 5.11. The second-order valence-corrected chi connectivity index (χ2v) is 8.36. The molecule has 1 heterocycles. The Balaban J connectivity index is 1.64. The quantitative estimate of drug-likeness (QED) is 0.833. The van der Waals surface area contributed by atoms with E-state index in [0.29, 0.717) is 36.6 Å². The molecule has 0 saturated carbocycles. The van der Waals surface area contributed by atoms with Crippen LogP contribution in [0.2, 0.25) is 0 Å². The highest BCUT2D eigenvalue weighted by molar-refractivity contribution is 7.89. The number of halogens is 1. The fraction of sp³-hybridized carbons (Fsp3) is 0.368. The van der Waals surface area contributed by atoms with E-state index in [0.717, 1.165) is 11.1 Å². The van der Waals surface area contributed by atoms with Crippen LogP contribution in [0.1, 0.15) is 24.0 Å². The molecule has 3 rings (SSSR count). The van der Waals surface area contributed by atoms with Crippen molar-refractivity contribution in [2.45, 2.75) is 37.7 Å². The van der Waals surface area contributed by atoms with Crippen molar-refractivity contribution in [1.29, 1.82) is 0 Å². The zero-order valence-electron chi connectivity index (χ0n) is 14.4. The summed E-state index contributed by atoms with van der Waals surface area (Å²) in [5.41, 5.74) is 2.04. The van der Waals surface area contributed by atoms with E-state index >= 15 is 0 Å². The number of nitrogens with zero attached hydrogens (tertiary/aromatic N) is 1. The van der Waals surface area contributed by atoms with Crippen LogP contribution in [0.3, 0.4) is 0 Å². The summed E-state index contributed by atoms with van der Waals surface area (Å²) in [7, 11) is -3.48. The summed E-state index contributed by atoms with van der Waals surface area (Å²) < 4.78 is 45.9. The molecular formula is C19H22FNO3S. The van der Waals surface area contributed by atoms with Crippen LogP contribution in [0.5, 0.6) is 5.75 Å². The standard InChI is InChI=1S/C19H22FNO3S/c1-14-3-8-19(13-15(14)2)25(22,23)21-11-9-18(10-12-21)24-17-6-4-16(20)5-7-17/h3-8,13,18H,9-12H2,1-2H3. The zero-order valence-corrected chi connectivity index (χ0v) is 15.2. The van der Waals surface area contributed by atoms with Crippen LogP contribution in [0.15, 0.2) is 47.4 Å². The molecule has 0 aromatic heterocycles. The van der Waals surface area contributed by atoms with E-state index in [9.17, 15) is 12.8 Å². The summed E-state index contributed by atoms with van der Waals surface area (Å²) in [5.74, 6) is 0.304. The van der Waals surface area contributed by atoms with Gasteiger partial charge in [0, 0.05) is 13.1 Å². The normalized spacial score (nSPS) is 16.8. The van der Waals surface area contributed by atoms with Crippen LogP contribution in [0.25, 0.3) is 0 Å². The average Bonchev–Trinajstić information content (AvgIpc) is 2.60. The van der Waals surface area contributed by atoms with E-state index < -0.39 is 10.0 Å². The highest BCUT2D eigenvalue weighted by Gasteiger charge is 2.30. The van der Waals surface area contributed by atoms with Gasteiger partial charge in [0.15, 0.2) is 0 Å². The molecule has 2 aromatic rings. The molecule has 0 amide bonds. The number of piperidine rings is 1. The summed E-state index contributed by atoms with van der Waals surface area (Å²) in [6, 6.07) is 11.1. The first-order chi connectivity index (χ1) is 11.9. The van der Waals surface area contributed by atoms with E-state index in [2.05, 4.69) is 0 Å². The lowest BCUT2D eigenvalue weighted by Gasteiger charge is -2.31. The van der Waals surface area contributed by atoms with Gasteiger partial charge in [-0.2, -0.15) is 4.31 Å². The first-order valence-electron chi connectivity index (χ1n) is 8.36. The Labute approximate surface area is 148 Å². The van der Waals surface area contributed by atoms with Gasteiger partial charge < -0.3 is 4.74 Å². The Morgan fingerprint density at radius 1 is 1.00 bits per heavy atom. The third-order valence-corrected chi connectivity index (χ3v) is 6.53. The smallest absolute Gasteiger partial charge is 0.243 e. The number of aryl methyl sites for hydroxylation is 2. The molecule has 1 saturated heterocycles. The van der Waals surface area contributed by atoms with Crippen LogP contribution in [0.4, 0.5) is 4.39 Å². The number of sulfonamides is 1. The highest BCUT2D eigenvalue weighted by Crippen LogP contribution is 2.25. The summed E-state index contributed by atoms with van der Waals surface area (Å²) in [6.45, 7) is 4.71. The van der Waals surface area contributed by atoms with E-state index in [-0.39, 0.29) is 11.9 Å². The van der Waals surface area contributed by atoms with Gasteiger partial charge >= 0.3 is 0 Å². The maximum absolute atomic E-state index is 12.9. The largest absolute Gasteiger partial charge is 0.490 e. The molecule has 134 valence electrons. The van der Waals surface area contributed by atoms with Crippen LogP contribution in [-0.4, -0.2) is 31.9 Å². The SMILES string of the molecule is Cc1ccc(S(=O)(=O)N2CCC(Oc3ccc(F)cc3)CC2)cc1C. The molecule has 0 N–H and O–H groups in total. The molecule has 25 heavy (non-hydrogen) atoms. The molecule has 0 spiro atoms. The lowest BCUT2D eigenvalue weighted by Crippen LogP contribution is -2.41. The van der Waals surface area contributed by atoms with Gasteiger partial charge in [-0.05, 0) is 74.2 Å². The van der Waals surface area contributed by atoms with Crippen molar-refractivity contribution >= 4 is 10.0 Å². The summed E-state index contributed by atoms with van der Waals surface area (Å²) >= 11 is 0. The van der Waals surface area contributed by atoms with Crippen molar-refractivity contribution in [3.8, 4) is 5.75 Å². The Bertz CT molecular complexity index is 841. The fourth-order valence-corrected chi connectivity index (χ4v) is 4.47. The molecular weight excluding hydrogens is 341 g/mol. The molecule has 0 bridgehead atoms. The third-order valence-electron chi connectivity index (χ3n) is 4.63. The van der Waals surface area contributed by atoms with E-state index in [4.69, 9.17) is 4.74 Å². The summed E-state index contributed by atoms with van der Waals surface area (Å²) in [6.07, 6.45) is 1.17. The minimum absolute atomic E-state index is 0.0586. The summed E-state index contributed by atoms with van der Waals surface area (Å²) in [4.78, 5) is 0.341. The third kappa shape index (κ3) is 4.02. The first kappa shape index (κ1) is 17.9. The van der Waals surface area contributed by atoms with Gasteiger partial charge in [0.25, 0.3) is 0 Å². The maximum Gasteiger partial charge on any atom is 0.243 e. The molecule has 1 aliphatic rings. The van der Waals surface area contributed by atoms with Crippen molar-refractivity contribution in [2.75, 3.05) is 13.1 Å². The number of ether oxygens (including phenoxy) is 1. The van der Waals surface area contributed by atoms with Gasteiger partial charge in [-0.25, -0.2) is 12.8 Å². The zero-order chi connectivity index (χ0) is 18.0. The molecule has 0 atom stereocenters. The van der Waals surface area contributed by atoms with Crippen molar-refractivity contribution in [3.63, 3.8) is 0 Å². The van der Waals surface area contributed by atoms with Crippen molar-refractivity contribution < 1.29 is 17.5 Å². The van der Waals surface area contributed by atoms with Crippen molar-refractivity contribution in [2.24, 2.45) is 0 Å². The van der Waals surface area contributed by atoms with E-state index in [1.165, 1.54) is 16.4 Å². The molecule has 6 heteroatoms. The van der Waals surface area contributed by atoms with Crippen LogP contribution >= 0.6 is 0 Å². The average molecular weight is 363 g/mol. The lowest BCUT2D eigenvalue weighted by atomic mass is 10.1. The molecule has 0 aliphatic carbocycles. The van der Waals surface area contributed by atoms with E-state index in [1.807, 2.05) is 19.9 Å². The molecule has 1 fully saturated rings. The Morgan fingerprint density at radius 3 is 2.24 bits per heavy atom. The van der Waals surface area contributed by atoms with Gasteiger partial charge in [-0.3, -0.25) is 0 Å². The van der Waals surface area contributed by atoms with E-state index in [1.54, 1.807) is 24.3 Å². The van der Waals surface area contributed by atoms with Crippen LogP contribution in [-0.2, 0) is 10.0 Å². The monoisotopic (exact) mass is 363 g/mol. The number of hydrogen-bond acceptors (Lipinski definition) is 3. The molecule has 2 aromatic carbocycles. The Morgan fingerprint density at radius 2 is 1.64 bits per heavy atom. The van der Waals surface area contributed by atoms with Crippen molar-refractivity contribution in [3.05, 3.63) is 59.4 Å². The van der Waals surface area contributed by atoms with Crippen LogP contribution < -0.4 is 4.74 Å². The first-order valence-corrected chi connectivity index (χ1v) is 9.80. The topological polar surface area (TPSA) is 46.6 Å². The minimum atomic E-state index is -3.48. The molecule has 4 nitrogen and oxygen atoms in total. The predicted octanol–water partition coefficient (Wildman–Crippen LogP) is 3.67. The number of benzene rings is 2. The van der Waals surface area contributed by atoms with Crippen molar-refractivity contribution in [1.82, 2.24) is 4.31 Å². The second-order valence-electron chi connectivity index (χ2n) is 6.42. The van der Waals surface area contributed by atoms with Gasteiger partial charge in [-0.15, -0.1) is 0 Å². The minimum Gasteiger partial charge on any atom is -0.490 e. The maximum atomic E-state index is 12.9. The highest BCUT2D eigenvalue weighted by atomic mass is 32.2. The number of hydrogen-bond donors (Lipinski definition) is 0. The fourth-order valence-electron chi connectivity index (χ4n) is 2.92. The van der Waals surface area contributed by atoms with Gasteiger partial charge in [0.05, 0.1) is 4.90 Å². The van der Waals surface area contributed by atoms with Crippen LogP contribution in [0, 0.1) is 19.7 Å².